The quantitative estimate of drug-likeness (QED) is 0.156. The summed E-state index contributed by atoms with van der Waals surface area (Å²) >= 11 is 0. The monoisotopic (exact) mass is 688 g/mol. The van der Waals surface area contributed by atoms with Crippen LogP contribution in [0.4, 0.5) is 5.69 Å². The molecule has 2 aliphatic carbocycles. The third-order valence-corrected chi connectivity index (χ3v) is 11.6. The summed E-state index contributed by atoms with van der Waals surface area (Å²) in [6.45, 7) is 2.58. The molecule has 0 unspecified atom stereocenters. The molecule has 0 radical (unpaired) electrons. The molecule has 50 heavy (non-hydrogen) atoms. The van der Waals surface area contributed by atoms with Crippen molar-refractivity contribution in [2.75, 3.05) is 39.4 Å². The topological polar surface area (TPSA) is 151 Å². The van der Waals surface area contributed by atoms with Gasteiger partial charge in [0.05, 0.1) is 39.1 Å². The minimum Gasteiger partial charge on any atom is -0.502 e. The van der Waals surface area contributed by atoms with Crippen molar-refractivity contribution in [2.45, 2.75) is 94.7 Å². The van der Waals surface area contributed by atoms with Crippen molar-refractivity contribution in [1.29, 1.82) is 0 Å². The maximum atomic E-state index is 12.2. The maximum absolute atomic E-state index is 12.2. The van der Waals surface area contributed by atoms with Crippen LogP contribution in [0.15, 0.2) is 24.3 Å². The number of nitrogens with one attached hydrogen (secondary N) is 2. The number of fused-ring (bicyclic) bond motifs is 3. The lowest BCUT2D eigenvalue weighted by molar-refractivity contribution is -0.0844. The molecule has 268 valence electrons. The van der Waals surface area contributed by atoms with Crippen LogP contribution in [0, 0.1) is 5.92 Å². The van der Waals surface area contributed by atoms with E-state index in [1.807, 2.05) is 12.1 Å². The number of ether oxygens (including phenoxy) is 5. The summed E-state index contributed by atoms with van der Waals surface area (Å²) in [6.07, 6.45) is 6.24. The first-order chi connectivity index (χ1) is 24.3. The molecule has 0 aromatic heterocycles. The van der Waals surface area contributed by atoms with Crippen LogP contribution in [0.2, 0.25) is 0 Å². The first-order valence-electron chi connectivity index (χ1n) is 18.1. The number of aliphatic hydroxyl groups is 3. The Morgan fingerprint density at radius 1 is 0.900 bits per heavy atom. The van der Waals surface area contributed by atoms with E-state index in [0.29, 0.717) is 59.4 Å². The molecule has 3 heterocycles. The van der Waals surface area contributed by atoms with Gasteiger partial charge in [-0.3, -0.25) is 5.32 Å². The molecular weight excluding hydrogens is 640 g/mol. The second kappa shape index (κ2) is 13.0. The minimum absolute atomic E-state index is 0.0373. The zero-order valence-corrected chi connectivity index (χ0v) is 29.0. The fourth-order valence-electron chi connectivity index (χ4n) is 9.23. The Bertz CT molecular complexity index is 1800. The highest BCUT2D eigenvalue weighted by Crippen LogP contribution is 2.58. The Balaban J connectivity index is 1.23. The van der Waals surface area contributed by atoms with Crippen LogP contribution in [0.1, 0.15) is 97.9 Å². The van der Waals surface area contributed by atoms with Crippen LogP contribution < -0.4 is 34.3 Å². The van der Waals surface area contributed by atoms with Gasteiger partial charge in [-0.25, -0.2) is 0 Å². The molecule has 8 rings (SSSR count). The smallest absolute Gasteiger partial charge is 0.200 e. The maximum Gasteiger partial charge on any atom is 0.200 e. The number of phenolic OH excluding ortho intramolecular Hbond substituents is 1. The van der Waals surface area contributed by atoms with E-state index in [9.17, 15) is 20.4 Å². The molecule has 6 atom stereocenters. The Kier molecular flexibility index (Phi) is 8.65. The summed E-state index contributed by atoms with van der Waals surface area (Å²) in [7, 11) is 3.15. The number of rotatable bonds is 9. The molecule has 6 N–H and O–H groups in total. The summed E-state index contributed by atoms with van der Waals surface area (Å²) < 4.78 is 30.8. The second-order valence-electron chi connectivity index (χ2n) is 14.5. The van der Waals surface area contributed by atoms with Gasteiger partial charge in [0.15, 0.2) is 23.5 Å². The summed E-state index contributed by atoms with van der Waals surface area (Å²) in [6, 6.07) is 7.59. The Labute approximate surface area is 292 Å². The van der Waals surface area contributed by atoms with E-state index in [4.69, 9.17) is 23.7 Å². The van der Waals surface area contributed by atoms with Crippen molar-refractivity contribution in [3.05, 3.63) is 52.1 Å². The van der Waals surface area contributed by atoms with Crippen molar-refractivity contribution in [3.63, 3.8) is 0 Å². The minimum atomic E-state index is -1.02. The number of hydrogen-bond donors (Lipinski definition) is 6. The zero-order valence-electron chi connectivity index (χ0n) is 29.0. The average Bonchev–Trinajstić information content (AvgIpc) is 3.11. The number of anilines is 1. The van der Waals surface area contributed by atoms with E-state index in [1.54, 1.807) is 19.2 Å². The van der Waals surface area contributed by atoms with Gasteiger partial charge in [-0.2, -0.15) is 0 Å². The highest BCUT2D eigenvalue weighted by molar-refractivity contribution is 5.93. The molecule has 1 saturated carbocycles. The number of aliphatic hydroxyl groups excluding tert-OH is 3. The normalized spacial score (nSPS) is 27.5. The van der Waals surface area contributed by atoms with Crippen LogP contribution in [-0.4, -0.2) is 66.2 Å². The van der Waals surface area contributed by atoms with E-state index in [0.717, 1.165) is 65.8 Å². The summed E-state index contributed by atoms with van der Waals surface area (Å²) in [4.78, 5) is 0. The molecule has 11 nitrogen and oxygen atoms in total. The van der Waals surface area contributed by atoms with Gasteiger partial charge in [0.2, 0.25) is 5.75 Å². The van der Waals surface area contributed by atoms with Gasteiger partial charge in [0.25, 0.3) is 0 Å². The summed E-state index contributed by atoms with van der Waals surface area (Å²) in [5.74, 6) is 2.12. The largest absolute Gasteiger partial charge is 0.502 e. The van der Waals surface area contributed by atoms with Crippen molar-refractivity contribution in [1.82, 2.24) is 5.32 Å². The van der Waals surface area contributed by atoms with E-state index < -0.39 is 24.0 Å². The highest BCUT2D eigenvalue weighted by Gasteiger charge is 2.48. The van der Waals surface area contributed by atoms with Gasteiger partial charge in [0, 0.05) is 77.4 Å². The van der Waals surface area contributed by atoms with Crippen LogP contribution in [0.3, 0.4) is 0 Å². The molecule has 3 aliphatic heterocycles. The molecule has 0 spiro atoms. The van der Waals surface area contributed by atoms with Gasteiger partial charge >= 0.3 is 0 Å². The Morgan fingerprint density at radius 3 is 2.50 bits per heavy atom. The van der Waals surface area contributed by atoms with Crippen molar-refractivity contribution in [2.24, 2.45) is 5.92 Å². The lowest BCUT2D eigenvalue weighted by Crippen LogP contribution is -2.63. The lowest BCUT2D eigenvalue weighted by atomic mass is 9.73. The number of benzene rings is 3. The van der Waals surface area contributed by atoms with Crippen LogP contribution in [0.5, 0.6) is 34.5 Å². The highest BCUT2D eigenvalue weighted by atomic mass is 16.5. The number of aromatic hydroxyl groups is 1. The predicted molar refractivity (Wildman–Crippen MR) is 187 cm³/mol. The molecule has 3 aromatic carbocycles. The third-order valence-electron chi connectivity index (χ3n) is 11.6. The van der Waals surface area contributed by atoms with Crippen molar-refractivity contribution >= 4 is 5.69 Å². The number of piperidine rings is 1. The van der Waals surface area contributed by atoms with Gasteiger partial charge in [-0.05, 0) is 68.7 Å². The first kappa shape index (κ1) is 33.3. The van der Waals surface area contributed by atoms with Crippen molar-refractivity contribution in [3.8, 4) is 45.6 Å². The van der Waals surface area contributed by atoms with Crippen molar-refractivity contribution < 1.29 is 44.1 Å². The molecule has 0 amide bonds. The van der Waals surface area contributed by atoms with E-state index in [-0.39, 0.29) is 37.1 Å². The lowest BCUT2D eigenvalue weighted by Gasteiger charge is -2.50. The van der Waals surface area contributed by atoms with Gasteiger partial charge < -0.3 is 49.4 Å². The molecule has 2 fully saturated rings. The predicted octanol–water partition coefficient (Wildman–Crippen LogP) is 5.60. The van der Waals surface area contributed by atoms with E-state index in [1.165, 1.54) is 13.5 Å². The summed E-state index contributed by atoms with van der Waals surface area (Å²) in [5.41, 5.74) is 6.14. The first-order valence-corrected chi connectivity index (χ1v) is 18.1. The number of hydrogen-bond acceptors (Lipinski definition) is 11. The zero-order chi connectivity index (χ0) is 34.7. The fraction of sp³-hybridized carbons (Fsp3) is 0.538. The van der Waals surface area contributed by atoms with Gasteiger partial charge in [-0.15, -0.1) is 0 Å². The third kappa shape index (κ3) is 5.32. The fourth-order valence-corrected chi connectivity index (χ4v) is 9.23. The average molecular weight is 689 g/mol. The van der Waals surface area contributed by atoms with Gasteiger partial charge in [-0.1, -0.05) is 6.42 Å². The summed E-state index contributed by atoms with van der Waals surface area (Å²) in [5, 5.41) is 51.2. The standard InChI is InChI=1S/C39H48N2O9/c1-20-8-9-22-7-4-5-12-39(22,41-20)50-29-18-27(46-2)23-10-11-24-32-26(40-38(45)35(29)34(23)32)17-28-33(24)36(43)25(19-49-28)21-15-30(47-3)37(44)31(16-21)48-14-6-13-42/h15-18,20,22,25,36,38,40-45H,4-14,19H2,1-3H3/t20-,22+,25+,36+,38-,39-/m1/s1. The van der Waals surface area contributed by atoms with Crippen LogP contribution in [-0.2, 0) is 12.8 Å². The van der Waals surface area contributed by atoms with Gasteiger partial charge in [0.1, 0.15) is 17.2 Å². The Morgan fingerprint density at radius 2 is 1.70 bits per heavy atom. The molecule has 5 aliphatic rings. The van der Waals surface area contributed by atoms with E-state index in [2.05, 4.69) is 17.6 Å². The molecule has 1 saturated heterocycles. The molecule has 3 aromatic rings. The Hall–Kier alpha value is -3.90. The SMILES string of the molecule is COc1cc([C@@H]2COc3cc4c5c(c3[C@H]2O)CCc2c(OC)cc(O[C@]36CCCC[C@H]3CC[C@@H](C)N6)c(c2-5)[C@@H](O)N4)cc(OCCCO)c1O. The molecule has 0 bridgehead atoms. The second-order valence-corrected chi connectivity index (χ2v) is 14.5. The van der Waals surface area contributed by atoms with Crippen LogP contribution in [0.25, 0.3) is 11.1 Å². The molecular formula is C39H48N2O9. The molecule has 11 heteroatoms. The van der Waals surface area contributed by atoms with E-state index >= 15 is 0 Å². The number of methoxy groups -OCH3 is 2. The van der Waals surface area contributed by atoms with Crippen LogP contribution >= 0.6 is 0 Å². The number of phenols is 1.